The fourth-order valence-corrected chi connectivity index (χ4v) is 0.642. The monoisotopic (exact) mass is 268 g/mol. The van der Waals surface area contributed by atoms with Crippen molar-refractivity contribution in [3.05, 3.63) is 60.7 Å². The van der Waals surface area contributed by atoms with Gasteiger partial charge in [0.05, 0.1) is 0 Å². The SMILES string of the molecule is O=[C-]O.O=[C-]O.[Ti+4].c1cc[cH-]c1.c1cc[cH-]c1. The quantitative estimate of drug-likeness (QED) is 0.566. The molecule has 88 valence electrons. The molecular weight excluding hydrogens is 256 g/mol. The molecular formula is C12H12O4Ti. The van der Waals surface area contributed by atoms with E-state index in [1.807, 2.05) is 60.7 Å². The summed E-state index contributed by atoms with van der Waals surface area (Å²) in [4.78, 5) is 16.5. The van der Waals surface area contributed by atoms with Gasteiger partial charge in [0.2, 0.25) is 0 Å². The minimum Gasteiger partial charge on any atom is -0.665 e. The molecule has 0 aliphatic carbocycles. The van der Waals surface area contributed by atoms with E-state index in [1.165, 1.54) is 0 Å². The molecule has 0 atom stereocenters. The van der Waals surface area contributed by atoms with Gasteiger partial charge in [-0.25, -0.2) is 24.3 Å². The smallest absolute Gasteiger partial charge is 0.665 e. The van der Waals surface area contributed by atoms with Crippen molar-refractivity contribution in [1.29, 1.82) is 0 Å². The van der Waals surface area contributed by atoms with E-state index < -0.39 is 0 Å². The Bertz CT molecular complexity index is 223. The van der Waals surface area contributed by atoms with Crippen molar-refractivity contribution >= 4 is 12.9 Å². The fraction of sp³-hybridized carbons (Fsp3) is 0. The Morgan fingerprint density at radius 3 is 0.941 bits per heavy atom. The summed E-state index contributed by atoms with van der Waals surface area (Å²) in [6.45, 7) is 1.00. The van der Waals surface area contributed by atoms with Crippen LogP contribution in [0.3, 0.4) is 0 Å². The zero-order chi connectivity index (χ0) is 12.5. The first-order valence-electron chi connectivity index (χ1n) is 4.19. The maximum atomic E-state index is 8.24. The molecule has 0 saturated heterocycles. The van der Waals surface area contributed by atoms with Crippen molar-refractivity contribution in [1.82, 2.24) is 0 Å². The maximum Gasteiger partial charge on any atom is 4.00 e. The van der Waals surface area contributed by atoms with E-state index in [0.717, 1.165) is 0 Å². The van der Waals surface area contributed by atoms with Gasteiger partial charge < -0.3 is 19.8 Å². The average molecular weight is 268 g/mol. The standard InChI is InChI=1S/2C5H5.2CHO2.Ti/c2*1-2-4-5-3-1;2*2-1-3;/h2*1-5H;2*(H,2,3);/q4*-1;+4. The summed E-state index contributed by atoms with van der Waals surface area (Å²) in [5, 5.41) is 13.5. The third kappa shape index (κ3) is 31.4. The van der Waals surface area contributed by atoms with Crippen LogP contribution in [0.15, 0.2) is 60.7 Å². The zero-order valence-corrected chi connectivity index (χ0v) is 10.5. The van der Waals surface area contributed by atoms with Gasteiger partial charge in [-0.05, 0) is 0 Å². The van der Waals surface area contributed by atoms with Crippen LogP contribution in [-0.4, -0.2) is 23.2 Å². The van der Waals surface area contributed by atoms with Gasteiger partial charge in [-0.1, -0.05) is 12.9 Å². The van der Waals surface area contributed by atoms with Gasteiger partial charge in [-0.2, -0.15) is 36.4 Å². The van der Waals surface area contributed by atoms with E-state index in [2.05, 4.69) is 0 Å². The molecule has 0 fully saturated rings. The Hall–Kier alpha value is -1.65. The minimum atomic E-state index is 0. The van der Waals surface area contributed by atoms with Gasteiger partial charge in [-0.15, -0.1) is 0 Å². The second-order valence-electron chi connectivity index (χ2n) is 2.11. The van der Waals surface area contributed by atoms with Crippen LogP contribution in [0.5, 0.6) is 0 Å². The van der Waals surface area contributed by atoms with Crippen LogP contribution in [0.1, 0.15) is 0 Å². The number of aliphatic hydroxyl groups excluding tert-OH is 2. The van der Waals surface area contributed by atoms with Gasteiger partial charge in [0.15, 0.2) is 0 Å². The van der Waals surface area contributed by atoms with Gasteiger partial charge >= 0.3 is 21.7 Å². The largest absolute Gasteiger partial charge is 4.00 e. The predicted molar refractivity (Wildman–Crippen MR) is 60.7 cm³/mol. The molecule has 4 nitrogen and oxygen atoms in total. The van der Waals surface area contributed by atoms with Gasteiger partial charge in [-0.3, -0.25) is 0 Å². The molecule has 0 spiro atoms. The van der Waals surface area contributed by atoms with E-state index in [9.17, 15) is 0 Å². The fourth-order valence-electron chi connectivity index (χ4n) is 0.642. The molecule has 0 radical (unpaired) electrons. The molecule has 0 saturated carbocycles. The normalized spacial score (nSPS) is 6.12. The van der Waals surface area contributed by atoms with Gasteiger partial charge in [0.1, 0.15) is 0 Å². The Morgan fingerprint density at radius 2 is 0.882 bits per heavy atom. The second-order valence-corrected chi connectivity index (χ2v) is 2.11. The first kappa shape index (κ1) is 20.7. The average Bonchev–Trinajstić information content (AvgIpc) is 3.00. The molecule has 2 aromatic carbocycles. The molecule has 0 heterocycles. The third-order valence-electron chi connectivity index (χ3n) is 1.11. The number of rotatable bonds is 0. The third-order valence-corrected chi connectivity index (χ3v) is 1.11. The first-order valence-corrected chi connectivity index (χ1v) is 4.19. The zero-order valence-electron chi connectivity index (χ0n) is 8.98. The summed E-state index contributed by atoms with van der Waals surface area (Å²) in [6, 6.07) is 20.0. The van der Waals surface area contributed by atoms with Crippen LogP contribution >= 0.6 is 0 Å². The molecule has 17 heavy (non-hydrogen) atoms. The molecule has 0 aliphatic heterocycles. The summed E-state index contributed by atoms with van der Waals surface area (Å²) in [5.74, 6) is 0. The molecule has 0 aromatic heterocycles. The van der Waals surface area contributed by atoms with Crippen molar-refractivity contribution in [2.75, 3.05) is 0 Å². The van der Waals surface area contributed by atoms with E-state index in [1.54, 1.807) is 0 Å². The molecule has 5 heteroatoms. The summed E-state index contributed by atoms with van der Waals surface area (Å²) in [7, 11) is 0. The molecule has 0 bridgehead atoms. The molecule has 0 unspecified atom stereocenters. The van der Waals surface area contributed by atoms with Gasteiger partial charge in [0.25, 0.3) is 0 Å². The Morgan fingerprint density at radius 1 is 0.706 bits per heavy atom. The predicted octanol–water partition coefficient (Wildman–Crippen LogP) is 2.03. The van der Waals surface area contributed by atoms with Crippen LogP contribution in [0.4, 0.5) is 0 Å². The Labute approximate surface area is 115 Å². The van der Waals surface area contributed by atoms with E-state index in [4.69, 9.17) is 19.8 Å². The van der Waals surface area contributed by atoms with Crippen molar-refractivity contribution in [3.63, 3.8) is 0 Å². The number of hydrogen-bond acceptors (Lipinski definition) is 2. The van der Waals surface area contributed by atoms with Gasteiger partial charge in [0, 0.05) is 0 Å². The molecule has 2 aromatic rings. The van der Waals surface area contributed by atoms with E-state index in [-0.39, 0.29) is 21.7 Å². The summed E-state index contributed by atoms with van der Waals surface area (Å²) >= 11 is 0. The minimum absolute atomic E-state index is 0. The topological polar surface area (TPSA) is 74.6 Å². The van der Waals surface area contributed by atoms with Crippen molar-refractivity contribution < 1.29 is 41.5 Å². The molecule has 0 amide bonds. The summed E-state index contributed by atoms with van der Waals surface area (Å²) in [6.07, 6.45) is 0. The van der Waals surface area contributed by atoms with Crippen molar-refractivity contribution in [2.45, 2.75) is 0 Å². The maximum absolute atomic E-state index is 8.24. The van der Waals surface area contributed by atoms with Crippen molar-refractivity contribution in [3.8, 4) is 0 Å². The molecule has 2 rings (SSSR count). The molecule has 2 N–H and O–H groups in total. The van der Waals surface area contributed by atoms with Crippen LogP contribution in [0.2, 0.25) is 0 Å². The summed E-state index contributed by atoms with van der Waals surface area (Å²) < 4.78 is 0. The van der Waals surface area contributed by atoms with Crippen LogP contribution in [-0.2, 0) is 31.3 Å². The van der Waals surface area contributed by atoms with Crippen LogP contribution < -0.4 is 0 Å². The second kappa shape index (κ2) is 23.9. The Balaban J connectivity index is -0.000000157. The van der Waals surface area contributed by atoms with E-state index >= 15 is 0 Å². The van der Waals surface area contributed by atoms with Crippen molar-refractivity contribution in [2.24, 2.45) is 0 Å². The first-order chi connectivity index (χ1) is 7.83. The van der Waals surface area contributed by atoms with Crippen LogP contribution in [0, 0.1) is 0 Å². The summed E-state index contributed by atoms with van der Waals surface area (Å²) in [5.41, 5.74) is 0. The molecule has 0 aliphatic rings. The van der Waals surface area contributed by atoms with Crippen LogP contribution in [0.25, 0.3) is 0 Å². The Kier molecular flexibility index (Phi) is 29.1. The number of hydrogen-bond donors (Lipinski definition) is 2. The van der Waals surface area contributed by atoms with E-state index in [0.29, 0.717) is 12.9 Å².